The zero-order chi connectivity index (χ0) is 20.6. The number of nitrogens with zero attached hydrogens (tertiary/aromatic N) is 5. The molecule has 10 heteroatoms. The molecule has 1 saturated heterocycles. The van der Waals surface area contributed by atoms with E-state index in [1.54, 1.807) is 12.1 Å². The Morgan fingerprint density at radius 3 is 2.21 bits per heavy atom. The molecule has 0 atom stereocenters. The summed E-state index contributed by atoms with van der Waals surface area (Å²) in [6.07, 6.45) is 0. The second kappa shape index (κ2) is 9.86. The third-order valence-electron chi connectivity index (χ3n) is 4.57. The maximum absolute atomic E-state index is 13.2. The summed E-state index contributed by atoms with van der Waals surface area (Å²) in [5.41, 5.74) is 1.26. The maximum atomic E-state index is 13.2. The predicted molar refractivity (Wildman–Crippen MR) is 109 cm³/mol. The maximum Gasteiger partial charge on any atom is 0.226 e. The molecule has 0 spiro atoms. The van der Waals surface area contributed by atoms with Gasteiger partial charge in [-0.25, -0.2) is 4.39 Å². The minimum absolute atomic E-state index is 0.0750. The van der Waals surface area contributed by atoms with Gasteiger partial charge in [0.15, 0.2) is 11.6 Å². The van der Waals surface area contributed by atoms with Gasteiger partial charge in [0.25, 0.3) is 0 Å². The van der Waals surface area contributed by atoms with E-state index in [1.807, 2.05) is 4.90 Å². The van der Waals surface area contributed by atoms with Crippen LogP contribution in [0.3, 0.4) is 0 Å². The molecule has 1 aliphatic heterocycles. The van der Waals surface area contributed by atoms with E-state index in [-0.39, 0.29) is 32.1 Å². The summed E-state index contributed by atoms with van der Waals surface area (Å²) in [6, 6.07) is 8.55. The fourth-order valence-corrected chi connectivity index (χ4v) is 3.16. The van der Waals surface area contributed by atoms with Crippen LogP contribution >= 0.6 is 0 Å². The summed E-state index contributed by atoms with van der Waals surface area (Å²) in [7, 11) is 0. The normalized spacial score (nSPS) is 13.9. The van der Waals surface area contributed by atoms with E-state index >= 15 is 0 Å². The molecule has 1 fully saturated rings. The highest BCUT2D eigenvalue weighted by Crippen LogP contribution is 2.27. The minimum Gasteiger partial charge on any atom is -0.395 e. The van der Waals surface area contributed by atoms with Crippen molar-refractivity contribution in [2.24, 2.45) is 0 Å². The van der Waals surface area contributed by atoms with Gasteiger partial charge in [-0.1, -0.05) is 0 Å². The van der Waals surface area contributed by atoms with Crippen LogP contribution in [0.4, 0.5) is 27.7 Å². The molecular formula is C19H24FN7O2. The highest BCUT2D eigenvalue weighted by Gasteiger charge is 2.24. The van der Waals surface area contributed by atoms with E-state index in [2.05, 4.69) is 31.6 Å². The lowest BCUT2D eigenvalue weighted by Crippen LogP contribution is -2.47. The molecule has 3 rings (SSSR count). The first-order valence-electron chi connectivity index (χ1n) is 9.43. The molecular weight excluding hydrogens is 377 g/mol. The fourth-order valence-electron chi connectivity index (χ4n) is 3.16. The van der Waals surface area contributed by atoms with E-state index in [0.29, 0.717) is 49.3 Å². The van der Waals surface area contributed by atoms with Crippen molar-refractivity contribution in [1.82, 2.24) is 9.97 Å². The molecule has 9 nitrogen and oxygen atoms in total. The van der Waals surface area contributed by atoms with Crippen molar-refractivity contribution in [2.45, 2.75) is 0 Å². The van der Waals surface area contributed by atoms with E-state index in [4.69, 9.17) is 10.2 Å². The summed E-state index contributed by atoms with van der Waals surface area (Å²) in [6.45, 7) is 3.00. The van der Waals surface area contributed by atoms with Crippen LogP contribution in [0, 0.1) is 17.1 Å². The molecule has 0 radical (unpaired) electrons. The molecule has 2 aromatic rings. The zero-order valence-electron chi connectivity index (χ0n) is 16.0. The van der Waals surface area contributed by atoms with Crippen LogP contribution in [0.2, 0.25) is 0 Å². The number of hydrogen-bond donors (Lipinski definition) is 4. The Hall–Kier alpha value is -3.16. The summed E-state index contributed by atoms with van der Waals surface area (Å²) < 4.78 is 13.2. The average Bonchev–Trinajstić information content (AvgIpc) is 2.76. The van der Waals surface area contributed by atoms with Gasteiger partial charge in [-0.2, -0.15) is 15.2 Å². The highest BCUT2D eigenvalue weighted by molar-refractivity contribution is 5.68. The van der Waals surface area contributed by atoms with Crippen LogP contribution in [0.5, 0.6) is 0 Å². The number of hydrogen-bond acceptors (Lipinski definition) is 9. The number of aliphatic hydroxyl groups is 2. The molecule has 0 bridgehead atoms. The van der Waals surface area contributed by atoms with Crippen molar-refractivity contribution < 1.29 is 14.6 Å². The van der Waals surface area contributed by atoms with Crippen LogP contribution in [0.15, 0.2) is 24.3 Å². The van der Waals surface area contributed by atoms with Crippen molar-refractivity contribution in [2.75, 3.05) is 72.9 Å². The monoisotopic (exact) mass is 401 g/mol. The van der Waals surface area contributed by atoms with Crippen LogP contribution in [-0.2, 0) is 0 Å². The fraction of sp³-hybridized carbons (Fsp3) is 0.421. The first kappa shape index (κ1) is 20.6. The Balaban J connectivity index is 1.81. The van der Waals surface area contributed by atoms with Crippen LogP contribution in [0.1, 0.15) is 5.56 Å². The van der Waals surface area contributed by atoms with Crippen molar-refractivity contribution >= 4 is 23.3 Å². The van der Waals surface area contributed by atoms with E-state index in [1.165, 1.54) is 12.1 Å². The van der Waals surface area contributed by atoms with Crippen LogP contribution in [0.25, 0.3) is 0 Å². The number of nitrogens with one attached hydrogen (secondary N) is 2. The Bertz CT molecular complexity index is 849. The summed E-state index contributed by atoms with van der Waals surface area (Å²) in [5, 5.41) is 33.7. The lowest BCUT2D eigenvalue weighted by Gasteiger charge is -2.37. The lowest BCUT2D eigenvalue weighted by atomic mass is 10.2. The zero-order valence-corrected chi connectivity index (χ0v) is 16.0. The number of aliphatic hydroxyl groups excluding tert-OH is 2. The standard InChI is InChI=1S/C19H24FN7O2/c20-14-1-3-15(4-2-14)26-7-9-27(10-8-26)18-16(13-21)17(22-5-11-28)24-19(25-18)23-6-12-29/h1-4,28-29H,5-12H2,(H2,22,23,24,25). The topological polar surface area (TPSA) is 121 Å². The second-order valence-electron chi connectivity index (χ2n) is 6.46. The van der Waals surface area contributed by atoms with Gasteiger partial charge >= 0.3 is 0 Å². The molecule has 4 N–H and O–H groups in total. The van der Waals surface area contributed by atoms with Gasteiger partial charge in [0.2, 0.25) is 5.95 Å². The molecule has 29 heavy (non-hydrogen) atoms. The van der Waals surface area contributed by atoms with Crippen LogP contribution < -0.4 is 20.4 Å². The van der Waals surface area contributed by atoms with Gasteiger partial charge in [0.05, 0.1) is 13.2 Å². The molecule has 2 heterocycles. The summed E-state index contributed by atoms with van der Waals surface area (Å²) >= 11 is 0. The van der Waals surface area contributed by atoms with E-state index in [0.717, 1.165) is 5.69 Å². The summed E-state index contributed by atoms with van der Waals surface area (Å²) in [4.78, 5) is 12.9. The molecule has 1 aromatic carbocycles. The predicted octanol–water partition coefficient (Wildman–Crippen LogP) is 0.622. The SMILES string of the molecule is N#Cc1c(NCCO)nc(NCCO)nc1N1CCN(c2ccc(F)cc2)CC1. The number of nitriles is 1. The van der Waals surface area contributed by atoms with Crippen molar-refractivity contribution in [1.29, 1.82) is 5.26 Å². The Morgan fingerprint density at radius 2 is 1.59 bits per heavy atom. The first-order chi connectivity index (χ1) is 14.2. The largest absolute Gasteiger partial charge is 0.395 e. The number of rotatable bonds is 8. The number of piperazine rings is 1. The first-order valence-corrected chi connectivity index (χ1v) is 9.43. The Morgan fingerprint density at radius 1 is 0.966 bits per heavy atom. The van der Waals surface area contributed by atoms with Gasteiger partial charge < -0.3 is 30.6 Å². The molecule has 1 aromatic heterocycles. The van der Waals surface area contributed by atoms with Gasteiger partial charge in [0, 0.05) is 45.0 Å². The average molecular weight is 401 g/mol. The molecule has 154 valence electrons. The van der Waals surface area contributed by atoms with E-state index < -0.39 is 0 Å². The second-order valence-corrected chi connectivity index (χ2v) is 6.46. The van der Waals surface area contributed by atoms with Gasteiger partial charge in [-0.05, 0) is 24.3 Å². The van der Waals surface area contributed by atoms with Crippen LogP contribution in [-0.4, -0.2) is 72.7 Å². The number of halogens is 1. The van der Waals surface area contributed by atoms with E-state index in [9.17, 15) is 9.65 Å². The van der Waals surface area contributed by atoms with Crippen molar-refractivity contribution in [3.63, 3.8) is 0 Å². The number of benzene rings is 1. The van der Waals surface area contributed by atoms with Gasteiger partial charge in [0.1, 0.15) is 17.4 Å². The summed E-state index contributed by atoms with van der Waals surface area (Å²) in [5.74, 6) is 0.877. The molecule has 0 unspecified atom stereocenters. The van der Waals surface area contributed by atoms with Gasteiger partial charge in [-0.15, -0.1) is 0 Å². The quantitative estimate of drug-likeness (QED) is 0.504. The molecule has 0 saturated carbocycles. The van der Waals surface area contributed by atoms with Gasteiger partial charge in [-0.3, -0.25) is 0 Å². The molecule has 1 aliphatic rings. The third kappa shape index (κ3) is 5.01. The van der Waals surface area contributed by atoms with Crippen molar-refractivity contribution in [3.05, 3.63) is 35.6 Å². The van der Waals surface area contributed by atoms with Crippen molar-refractivity contribution in [3.8, 4) is 6.07 Å². The molecule has 0 aliphatic carbocycles. The minimum atomic E-state index is -0.266. The Labute approximate surface area is 168 Å². The highest BCUT2D eigenvalue weighted by atomic mass is 19.1. The third-order valence-corrected chi connectivity index (χ3v) is 4.57. The Kier molecular flexibility index (Phi) is 6.99. The number of anilines is 4. The molecule has 0 amide bonds. The lowest BCUT2D eigenvalue weighted by molar-refractivity contribution is 0.311. The smallest absolute Gasteiger partial charge is 0.226 e. The number of aromatic nitrogens is 2.